The van der Waals surface area contributed by atoms with Gasteiger partial charge in [0.2, 0.25) is 0 Å². The van der Waals surface area contributed by atoms with E-state index < -0.39 is 0 Å². The van der Waals surface area contributed by atoms with Crippen molar-refractivity contribution in [1.82, 2.24) is 14.8 Å². The van der Waals surface area contributed by atoms with Crippen molar-refractivity contribution in [1.29, 1.82) is 0 Å². The van der Waals surface area contributed by atoms with Crippen LogP contribution in [0.1, 0.15) is 42.6 Å². The van der Waals surface area contributed by atoms with Crippen molar-refractivity contribution in [3.8, 4) is 0 Å². The molecule has 1 aliphatic carbocycles. The van der Waals surface area contributed by atoms with Gasteiger partial charge < -0.3 is 14.6 Å². The summed E-state index contributed by atoms with van der Waals surface area (Å²) in [6, 6.07) is 7.14. The fraction of sp³-hybridized carbons (Fsp3) is 0.550. The van der Waals surface area contributed by atoms with Crippen molar-refractivity contribution in [2.75, 3.05) is 32.8 Å². The molecular formula is C20H27N3O2. The Balaban J connectivity index is 1.54. The molecule has 1 saturated heterocycles. The average molecular weight is 341 g/mol. The standard InChI is InChI=1S/C20H27N3O2/c1-3-25-20(24)23-11-9-22(10-12-23)18-6-4-5-15-16-13-14(2)7-8-17(16)21-19(15)18/h7-8,13,18,21H,3-6,9-12H2,1-2H3. The Hall–Kier alpha value is -2.01. The Labute approximate surface area is 148 Å². The predicted octanol–water partition coefficient (Wildman–Crippen LogP) is 3.63. The van der Waals surface area contributed by atoms with Gasteiger partial charge in [-0.15, -0.1) is 0 Å². The van der Waals surface area contributed by atoms with Crippen molar-refractivity contribution in [3.05, 3.63) is 35.0 Å². The normalized spacial score (nSPS) is 21.4. The van der Waals surface area contributed by atoms with Crippen LogP contribution in [0.4, 0.5) is 4.79 Å². The van der Waals surface area contributed by atoms with Crippen LogP contribution in [-0.2, 0) is 11.2 Å². The van der Waals surface area contributed by atoms with E-state index in [9.17, 15) is 4.79 Å². The molecule has 4 rings (SSSR count). The first-order valence-corrected chi connectivity index (χ1v) is 9.44. The zero-order chi connectivity index (χ0) is 17.4. The molecule has 134 valence electrons. The van der Waals surface area contributed by atoms with E-state index in [4.69, 9.17) is 4.74 Å². The van der Waals surface area contributed by atoms with Crippen LogP contribution < -0.4 is 0 Å². The highest BCUT2D eigenvalue weighted by molar-refractivity contribution is 5.85. The van der Waals surface area contributed by atoms with Gasteiger partial charge in [-0.2, -0.15) is 0 Å². The number of carbonyl (C=O) groups excluding carboxylic acids is 1. The third-order valence-electron chi connectivity index (χ3n) is 5.61. The zero-order valence-electron chi connectivity index (χ0n) is 15.2. The third kappa shape index (κ3) is 3.01. The van der Waals surface area contributed by atoms with Gasteiger partial charge in [0.1, 0.15) is 0 Å². The van der Waals surface area contributed by atoms with Gasteiger partial charge in [0.15, 0.2) is 0 Å². The summed E-state index contributed by atoms with van der Waals surface area (Å²) in [6.07, 6.45) is 3.42. The number of nitrogens with zero attached hydrogens (tertiary/aromatic N) is 2. The van der Waals surface area contributed by atoms with Gasteiger partial charge in [-0.25, -0.2) is 4.79 Å². The number of nitrogens with one attached hydrogen (secondary N) is 1. The summed E-state index contributed by atoms with van der Waals surface area (Å²) in [5.41, 5.74) is 5.48. The van der Waals surface area contributed by atoms with Crippen molar-refractivity contribution < 1.29 is 9.53 Å². The van der Waals surface area contributed by atoms with Crippen molar-refractivity contribution >= 4 is 17.0 Å². The summed E-state index contributed by atoms with van der Waals surface area (Å²) in [6.45, 7) is 7.80. The van der Waals surface area contributed by atoms with E-state index >= 15 is 0 Å². The topological polar surface area (TPSA) is 48.6 Å². The Morgan fingerprint density at radius 3 is 2.84 bits per heavy atom. The zero-order valence-corrected chi connectivity index (χ0v) is 15.2. The fourth-order valence-electron chi connectivity index (χ4n) is 4.35. The molecule has 1 aromatic carbocycles. The van der Waals surface area contributed by atoms with E-state index in [1.807, 2.05) is 11.8 Å². The van der Waals surface area contributed by atoms with E-state index in [2.05, 4.69) is 35.0 Å². The van der Waals surface area contributed by atoms with Gasteiger partial charge in [0.25, 0.3) is 0 Å². The molecule has 1 amide bonds. The number of aryl methyl sites for hydroxylation is 2. The minimum atomic E-state index is -0.174. The van der Waals surface area contributed by atoms with Crippen molar-refractivity contribution in [3.63, 3.8) is 0 Å². The molecule has 0 saturated carbocycles. The number of ether oxygens (including phenoxy) is 1. The monoisotopic (exact) mass is 341 g/mol. The number of carbonyl (C=O) groups is 1. The quantitative estimate of drug-likeness (QED) is 0.907. The van der Waals surface area contributed by atoms with Crippen LogP contribution in [0.25, 0.3) is 10.9 Å². The van der Waals surface area contributed by atoms with Gasteiger partial charge in [-0.3, -0.25) is 4.90 Å². The van der Waals surface area contributed by atoms with Crippen molar-refractivity contribution in [2.45, 2.75) is 39.2 Å². The van der Waals surface area contributed by atoms with Crippen LogP contribution in [0.2, 0.25) is 0 Å². The smallest absolute Gasteiger partial charge is 0.409 e. The molecule has 25 heavy (non-hydrogen) atoms. The number of hydrogen-bond donors (Lipinski definition) is 1. The number of rotatable bonds is 2. The molecule has 1 unspecified atom stereocenters. The van der Waals surface area contributed by atoms with Crippen LogP contribution in [0.3, 0.4) is 0 Å². The van der Waals surface area contributed by atoms with Crippen LogP contribution in [0, 0.1) is 6.92 Å². The number of aromatic nitrogens is 1. The lowest BCUT2D eigenvalue weighted by Crippen LogP contribution is -2.50. The maximum Gasteiger partial charge on any atom is 0.409 e. The van der Waals surface area contributed by atoms with Crippen LogP contribution >= 0.6 is 0 Å². The lowest BCUT2D eigenvalue weighted by atomic mass is 9.90. The molecular weight excluding hydrogens is 314 g/mol. The highest BCUT2D eigenvalue weighted by atomic mass is 16.6. The highest BCUT2D eigenvalue weighted by Gasteiger charge is 2.32. The summed E-state index contributed by atoms with van der Waals surface area (Å²) >= 11 is 0. The highest BCUT2D eigenvalue weighted by Crippen LogP contribution is 2.38. The van der Waals surface area contributed by atoms with E-state index in [1.54, 1.807) is 0 Å². The second kappa shape index (κ2) is 6.71. The first-order chi connectivity index (χ1) is 12.2. The van der Waals surface area contributed by atoms with E-state index in [-0.39, 0.29) is 6.09 Å². The first kappa shape index (κ1) is 16.5. The molecule has 0 radical (unpaired) electrons. The maximum atomic E-state index is 11.9. The summed E-state index contributed by atoms with van der Waals surface area (Å²) in [5, 5.41) is 1.39. The Morgan fingerprint density at radius 2 is 2.08 bits per heavy atom. The number of hydrogen-bond acceptors (Lipinski definition) is 3. The molecule has 5 nitrogen and oxygen atoms in total. The molecule has 1 atom stereocenters. The molecule has 0 spiro atoms. The van der Waals surface area contributed by atoms with Gasteiger partial charge >= 0.3 is 6.09 Å². The minimum Gasteiger partial charge on any atom is -0.450 e. The molecule has 2 aliphatic rings. The predicted molar refractivity (Wildman–Crippen MR) is 98.9 cm³/mol. The number of piperazine rings is 1. The number of benzene rings is 1. The molecule has 1 aliphatic heterocycles. The molecule has 2 heterocycles. The van der Waals surface area contributed by atoms with Gasteiger partial charge in [0, 0.05) is 42.8 Å². The summed E-state index contributed by atoms with van der Waals surface area (Å²) in [5.74, 6) is 0. The van der Waals surface area contributed by atoms with Crippen LogP contribution in [-0.4, -0.2) is 53.7 Å². The molecule has 2 aromatic rings. The molecule has 1 N–H and O–H groups in total. The molecule has 1 fully saturated rings. The van der Waals surface area contributed by atoms with Crippen LogP contribution in [0.15, 0.2) is 18.2 Å². The SMILES string of the molecule is CCOC(=O)N1CCN(C2CCCc3c2[nH]c2ccc(C)cc32)CC1. The summed E-state index contributed by atoms with van der Waals surface area (Å²) in [4.78, 5) is 20.0. The summed E-state index contributed by atoms with van der Waals surface area (Å²) < 4.78 is 5.13. The number of fused-ring (bicyclic) bond motifs is 3. The first-order valence-electron chi connectivity index (χ1n) is 9.44. The van der Waals surface area contributed by atoms with Crippen molar-refractivity contribution in [2.24, 2.45) is 0 Å². The average Bonchev–Trinajstić information content (AvgIpc) is 3.00. The number of amides is 1. The molecule has 1 aromatic heterocycles. The lowest BCUT2D eigenvalue weighted by Gasteiger charge is -2.40. The van der Waals surface area contributed by atoms with E-state index in [0.717, 1.165) is 32.6 Å². The second-order valence-electron chi connectivity index (χ2n) is 7.20. The van der Waals surface area contributed by atoms with Gasteiger partial charge in [-0.05, 0) is 50.8 Å². The summed E-state index contributed by atoms with van der Waals surface area (Å²) in [7, 11) is 0. The fourth-order valence-corrected chi connectivity index (χ4v) is 4.35. The third-order valence-corrected chi connectivity index (χ3v) is 5.61. The largest absolute Gasteiger partial charge is 0.450 e. The second-order valence-corrected chi connectivity index (χ2v) is 7.20. The Morgan fingerprint density at radius 1 is 1.28 bits per heavy atom. The van der Waals surface area contributed by atoms with Crippen LogP contribution in [0.5, 0.6) is 0 Å². The lowest BCUT2D eigenvalue weighted by molar-refractivity contribution is 0.0617. The Kier molecular flexibility index (Phi) is 4.42. The number of aromatic amines is 1. The van der Waals surface area contributed by atoms with Gasteiger partial charge in [0.05, 0.1) is 12.6 Å². The Bertz CT molecular complexity index is 775. The molecule has 5 heteroatoms. The number of H-pyrrole nitrogens is 1. The molecule has 0 bridgehead atoms. The maximum absolute atomic E-state index is 11.9. The van der Waals surface area contributed by atoms with E-state index in [1.165, 1.54) is 40.6 Å². The van der Waals surface area contributed by atoms with Gasteiger partial charge in [-0.1, -0.05) is 11.6 Å². The van der Waals surface area contributed by atoms with E-state index in [0.29, 0.717) is 12.6 Å². The minimum absolute atomic E-state index is 0.174.